The Morgan fingerprint density at radius 2 is 1.94 bits per heavy atom. The van der Waals surface area contributed by atoms with E-state index < -0.39 is 0 Å². The number of nitrogens with zero attached hydrogens (tertiary/aromatic N) is 2. The van der Waals surface area contributed by atoms with Crippen molar-refractivity contribution in [3.8, 4) is 0 Å². The number of benzene rings is 1. The summed E-state index contributed by atoms with van der Waals surface area (Å²) in [6, 6.07) is 10.0. The number of hydrogen-bond donors (Lipinski definition) is 1. The summed E-state index contributed by atoms with van der Waals surface area (Å²) < 4.78 is 1.91. The van der Waals surface area contributed by atoms with E-state index in [1.54, 1.807) is 0 Å². The van der Waals surface area contributed by atoms with Crippen LogP contribution in [0.4, 0.5) is 5.82 Å². The van der Waals surface area contributed by atoms with Gasteiger partial charge in [-0.05, 0) is 27.6 Å². The van der Waals surface area contributed by atoms with Gasteiger partial charge < -0.3 is 5.32 Å². The van der Waals surface area contributed by atoms with Crippen molar-refractivity contribution in [1.82, 2.24) is 9.97 Å². The van der Waals surface area contributed by atoms with Gasteiger partial charge in [-0.1, -0.05) is 41.1 Å². The molecule has 0 saturated carbocycles. The van der Waals surface area contributed by atoms with Crippen molar-refractivity contribution >= 4 is 37.7 Å². The summed E-state index contributed by atoms with van der Waals surface area (Å²) in [5.74, 6) is 1.67. The molecule has 0 fully saturated rings. The van der Waals surface area contributed by atoms with Crippen LogP contribution in [0, 0.1) is 0 Å². The first kappa shape index (κ1) is 13.5. The normalized spacial score (nSPS) is 10.4. The van der Waals surface area contributed by atoms with E-state index in [2.05, 4.69) is 53.2 Å². The van der Waals surface area contributed by atoms with Crippen LogP contribution in [0.1, 0.15) is 18.3 Å². The van der Waals surface area contributed by atoms with Gasteiger partial charge >= 0.3 is 0 Å². The van der Waals surface area contributed by atoms with Gasteiger partial charge in [-0.15, -0.1) is 0 Å². The molecule has 0 radical (unpaired) electrons. The van der Waals surface area contributed by atoms with E-state index in [1.807, 2.05) is 31.2 Å². The van der Waals surface area contributed by atoms with Gasteiger partial charge in [-0.25, -0.2) is 9.97 Å². The molecule has 0 aliphatic carbocycles. The number of hydrogen-bond acceptors (Lipinski definition) is 3. The highest BCUT2D eigenvalue weighted by molar-refractivity contribution is 9.10. The van der Waals surface area contributed by atoms with Gasteiger partial charge in [0.15, 0.2) is 0 Å². The third-order valence-electron chi connectivity index (χ3n) is 2.48. The standard InChI is InChI=1S/C13H13Br2N3/c1-2-12-17-11(15)7-13(18-12)16-8-9-5-3-4-6-10(9)14/h3-7H,2,8H2,1H3,(H,16,17,18). The Morgan fingerprint density at radius 3 is 2.67 bits per heavy atom. The maximum atomic E-state index is 4.43. The lowest BCUT2D eigenvalue weighted by Crippen LogP contribution is -2.04. The fraction of sp³-hybridized carbons (Fsp3) is 0.231. The highest BCUT2D eigenvalue weighted by Gasteiger charge is 2.03. The van der Waals surface area contributed by atoms with Gasteiger partial charge in [-0.2, -0.15) is 0 Å². The first-order valence-corrected chi connectivity index (χ1v) is 7.28. The lowest BCUT2D eigenvalue weighted by atomic mass is 10.2. The summed E-state index contributed by atoms with van der Waals surface area (Å²) in [6.45, 7) is 2.77. The van der Waals surface area contributed by atoms with E-state index in [9.17, 15) is 0 Å². The van der Waals surface area contributed by atoms with E-state index in [4.69, 9.17) is 0 Å². The number of rotatable bonds is 4. The SMILES string of the molecule is CCc1nc(Br)cc(NCc2ccccc2Br)n1. The second kappa shape index (κ2) is 6.29. The molecule has 2 rings (SSSR count). The zero-order chi connectivity index (χ0) is 13.0. The van der Waals surface area contributed by atoms with Crippen LogP contribution in [0.5, 0.6) is 0 Å². The zero-order valence-electron chi connectivity index (χ0n) is 9.95. The molecule has 0 spiro atoms. The monoisotopic (exact) mass is 369 g/mol. The molecular formula is C13H13Br2N3. The highest BCUT2D eigenvalue weighted by Crippen LogP contribution is 2.18. The largest absolute Gasteiger partial charge is 0.366 e. The second-order valence-corrected chi connectivity index (χ2v) is 5.46. The van der Waals surface area contributed by atoms with Crippen molar-refractivity contribution in [2.75, 3.05) is 5.32 Å². The van der Waals surface area contributed by atoms with Crippen molar-refractivity contribution in [3.05, 3.63) is 50.8 Å². The number of aromatic nitrogens is 2. The lowest BCUT2D eigenvalue weighted by molar-refractivity contribution is 0.921. The fourth-order valence-electron chi connectivity index (χ4n) is 1.54. The van der Waals surface area contributed by atoms with Gasteiger partial charge in [0.25, 0.3) is 0 Å². The average molecular weight is 371 g/mol. The minimum absolute atomic E-state index is 0.730. The quantitative estimate of drug-likeness (QED) is 0.820. The molecular weight excluding hydrogens is 358 g/mol. The molecule has 0 aliphatic heterocycles. The molecule has 0 aliphatic rings. The Balaban J connectivity index is 2.11. The summed E-state index contributed by atoms with van der Waals surface area (Å²) in [5.41, 5.74) is 1.20. The highest BCUT2D eigenvalue weighted by atomic mass is 79.9. The Hall–Kier alpha value is -0.940. The maximum absolute atomic E-state index is 4.43. The minimum Gasteiger partial charge on any atom is -0.366 e. The molecule has 0 saturated heterocycles. The third kappa shape index (κ3) is 3.53. The van der Waals surface area contributed by atoms with Gasteiger partial charge in [0.1, 0.15) is 16.2 Å². The fourth-order valence-corrected chi connectivity index (χ4v) is 2.39. The van der Waals surface area contributed by atoms with Crippen LogP contribution < -0.4 is 5.32 Å². The van der Waals surface area contributed by atoms with E-state index in [0.29, 0.717) is 0 Å². The van der Waals surface area contributed by atoms with Crippen molar-refractivity contribution in [3.63, 3.8) is 0 Å². The van der Waals surface area contributed by atoms with Gasteiger partial charge in [-0.3, -0.25) is 0 Å². The molecule has 3 nitrogen and oxygen atoms in total. The van der Waals surface area contributed by atoms with E-state index in [-0.39, 0.29) is 0 Å². The molecule has 1 aromatic carbocycles. The zero-order valence-corrected chi connectivity index (χ0v) is 13.1. The summed E-state index contributed by atoms with van der Waals surface area (Å²) in [7, 11) is 0. The molecule has 0 amide bonds. The third-order valence-corrected chi connectivity index (χ3v) is 3.66. The van der Waals surface area contributed by atoms with Crippen LogP contribution in [0.25, 0.3) is 0 Å². The predicted molar refractivity (Wildman–Crippen MR) is 80.6 cm³/mol. The predicted octanol–water partition coefficient (Wildman–Crippen LogP) is 4.18. The van der Waals surface area contributed by atoms with Gasteiger partial charge in [0.2, 0.25) is 0 Å². The van der Waals surface area contributed by atoms with Crippen LogP contribution in [-0.4, -0.2) is 9.97 Å². The first-order chi connectivity index (χ1) is 8.69. The van der Waals surface area contributed by atoms with E-state index >= 15 is 0 Å². The molecule has 0 atom stereocenters. The molecule has 94 valence electrons. The Bertz CT molecular complexity index is 544. The second-order valence-electron chi connectivity index (χ2n) is 3.79. The minimum atomic E-state index is 0.730. The Kier molecular flexibility index (Phi) is 4.72. The van der Waals surface area contributed by atoms with Gasteiger partial charge in [0, 0.05) is 23.5 Å². The van der Waals surface area contributed by atoms with E-state index in [1.165, 1.54) is 5.56 Å². The van der Waals surface area contributed by atoms with Crippen LogP contribution >= 0.6 is 31.9 Å². The summed E-state index contributed by atoms with van der Waals surface area (Å²) in [4.78, 5) is 8.71. The average Bonchev–Trinajstić information content (AvgIpc) is 2.37. The van der Waals surface area contributed by atoms with Crippen LogP contribution in [0.2, 0.25) is 0 Å². The van der Waals surface area contributed by atoms with Crippen molar-refractivity contribution in [1.29, 1.82) is 0 Å². The topological polar surface area (TPSA) is 37.8 Å². The number of aryl methyl sites for hydroxylation is 1. The van der Waals surface area contributed by atoms with Crippen molar-refractivity contribution in [2.24, 2.45) is 0 Å². The molecule has 1 heterocycles. The number of halogens is 2. The summed E-state index contributed by atoms with van der Waals surface area (Å²) in [6.07, 6.45) is 0.823. The molecule has 1 aromatic heterocycles. The van der Waals surface area contributed by atoms with E-state index in [0.717, 1.165) is 33.7 Å². The molecule has 5 heteroatoms. The Labute approximate surface area is 123 Å². The number of anilines is 1. The van der Waals surface area contributed by atoms with Gasteiger partial charge in [0.05, 0.1) is 0 Å². The van der Waals surface area contributed by atoms with Crippen LogP contribution in [0.3, 0.4) is 0 Å². The summed E-state index contributed by atoms with van der Waals surface area (Å²) in [5, 5.41) is 3.31. The molecule has 1 N–H and O–H groups in total. The molecule has 18 heavy (non-hydrogen) atoms. The van der Waals surface area contributed by atoms with Crippen LogP contribution in [-0.2, 0) is 13.0 Å². The van der Waals surface area contributed by atoms with Crippen LogP contribution in [0.15, 0.2) is 39.4 Å². The molecule has 2 aromatic rings. The lowest BCUT2D eigenvalue weighted by Gasteiger charge is -2.08. The van der Waals surface area contributed by atoms with Crippen molar-refractivity contribution in [2.45, 2.75) is 19.9 Å². The smallest absolute Gasteiger partial charge is 0.131 e. The summed E-state index contributed by atoms with van der Waals surface area (Å²) >= 11 is 6.92. The molecule has 0 bridgehead atoms. The first-order valence-electron chi connectivity index (χ1n) is 5.69. The maximum Gasteiger partial charge on any atom is 0.131 e. The Morgan fingerprint density at radius 1 is 1.17 bits per heavy atom. The van der Waals surface area contributed by atoms with Crippen molar-refractivity contribution < 1.29 is 0 Å². The number of nitrogens with one attached hydrogen (secondary N) is 1. The molecule has 0 unspecified atom stereocenters.